The summed E-state index contributed by atoms with van der Waals surface area (Å²) in [7, 11) is 1.25. The minimum absolute atomic E-state index is 0.0329. The van der Waals surface area contributed by atoms with Gasteiger partial charge in [0.15, 0.2) is 5.78 Å². The predicted octanol–water partition coefficient (Wildman–Crippen LogP) is 6.65. The van der Waals surface area contributed by atoms with E-state index in [-0.39, 0.29) is 59.7 Å². The smallest absolute Gasteiger partial charge is 0.407 e. The second-order valence-corrected chi connectivity index (χ2v) is 18.2. The maximum absolute atomic E-state index is 12.5. The van der Waals surface area contributed by atoms with Crippen molar-refractivity contribution in [3.8, 4) is 0 Å². The Morgan fingerprint density at radius 1 is 0.632 bits per heavy atom. The Hall–Kier alpha value is -2.73. The first-order chi connectivity index (χ1) is 26.2. The third kappa shape index (κ3) is 32.9. The van der Waals surface area contributed by atoms with Gasteiger partial charge in [-0.2, -0.15) is 0 Å². The first kappa shape index (κ1) is 58.6. The number of nitrogens with one attached hydrogen (secondary N) is 4. The summed E-state index contributed by atoms with van der Waals surface area (Å²) in [5.41, 5.74) is -1.17. The van der Waals surface area contributed by atoms with Crippen LogP contribution in [0.1, 0.15) is 122 Å². The minimum Gasteiger partial charge on any atom is -0.467 e. The number of rotatable bonds is 21. The summed E-state index contributed by atoms with van der Waals surface area (Å²) in [6.45, 7) is 21.5. The van der Waals surface area contributed by atoms with Crippen LogP contribution in [0.3, 0.4) is 0 Å². The Morgan fingerprint density at radius 3 is 1.25 bits per heavy atom. The number of carbonyl (C=O) groups is 8. The molecule has 0 aromatic carbocycles. The molecule has 0 fully saturated rings. The van der Waals surface area contributed by atoms with Crippen molar-refractivity contribution in [2.75, 3.05) is 30.0 Å². The predicted molar refractivity (Wildman–Crippen MR) is 231 cm³/mol. The Bertz CT molecular complexity index is 1180. The lowest BCUT2D eigenvalue weighted by atomic mass is 9.89. The number of ketones is 3. The number of alkyl carbamates (subject to hydrolysis) is 2. The zero-order chi connectivity index (χ0) is 45.1. The average Bonchev–Trinajstić information content (AvgIpc) is 3.06. The third-order valence-electron chi connectivity index (χ3n) is 7.61. The van der Waals surface area contributed by atoms with Crippen LogP contribution >= 0.6 is 45.8 Å². The molecule has 57 heavy (non-hydrogen) atoms. The largest absolute Gasteiger partial charge is 0.467 e. The van der Waals surface area contributed by atoms with Crippen LogP contribution in [-0.4, -0.2) is 101 Å². The fourth-order valence-electron chi connectivity index (χ4n) is 4.86. The summed E-state index contributed by atoms with van der Waals surface area (Å²) in [5.74, 6) is -2.99. The third-order valence-corrected chi connectivity index (χ3v) is 7.88. The summed E-state index contributed by atoms with van der Waals surface area (Å²) in [6.07, 6.45) is 0.709. The zero-order valence-corrected chi connectivity index (χ0v) is 39.8. The molecule has 0 heterocycles. The van der Waals surface area contributed by atoms with E-state index in [1.165, 1.54) is 21.0 Å². The number of hydrogen-bond acceptors (Lipinski definition) is 11. The molecular weight excluding hydrogens is 898 g/mol. The van der Waals surface area contributed by atoms with E-state index in [0.717, 1.165) is 0 Å². The SMILES string of the molecule is CC(=O)C[C@H](C(=O)N[C@@H](CCCNC(=O)OC(C)(C)C)C(=O)CCl)C(C)C.COC(=O)[C@H](CCCNC(=O)OC(C)(C)C)NC(=O)[C@@H](CC(C)=O)C(C)C.ClCI. The highest BCUT2D eigenvalue weighted by atomic mass is 127. The first-order valence-electron chi connectivity index (χ1n) is 19.0. The summed E-state index contributed by atoms with van der Waals surface area (Å²) in [5, 5.41) is 10.6. The number of Topliss-reactive ketones (excluding diaryl/α,β-unsaturated/α-hetero) is 3. The van der Waals surface area contributed by atoms with Crippen molar-refractivity contribution in [3.63, 3.8) is 0 Å². The van der Waals surface area contributed by atoms with Gasteiger partial charge in [-0.1, -0.05) is 50.3 Å². The Morgan fingerprint density at radius 2 is 0.965 bits per heavy atom. The van der Waals surface area contributed by atoms with E-state index < -0.39 is 53.3 Å². The lowest BCUT2D eigenvalue weighted by Gasteiger charge is -2.23. The standard InChI is InChI=1S/C19H33ClN2O5.C19H34N2O6.CH2ClI/c1-12(2)14(10-13(3)23)17(25)22-15(16(24)11-20)8-7-9-21-18(26)27-19(4,5)6;1-12(2)14(11-13(3)22)16(23)21-15(17(24)26-7)9-8-10-20-18(25)27-19(4,5)6;2-1-3/h12,14-15H,7-11H2,1-6H3,(H,21,26)(H,22,25);12,14-15H,8-11H2,1-7H3,(H,20,25)(H,21,23);1H2/t2*14-,15-;/m00./s1. The molecule has 4 atom stereocenters. The van der Waals surface area contributed by atoms with Gasteiger partial charge in [-0.25, -0.2) is 14.4 Å². The molecule has 0 saturated heterocycles. The van der Waals surface area contributed by atoms with Gasteiger partial charge in [0, 0.05) is 37.8 Å². The van der Waals surface area contributed by atoms with Crippen LogP contribution in [-0.2, 0) is 43.0 Å². The second-order valence-electron chi connectivity index (χ2n) is 16.0. The number of esters is 1. The Balaban J connectivity index is -0.000000956. The number of methoxy groups -OCH3 is 1. The topological polar surface area (TPSA) is 212 Å². The van der Waals surface area contributed by atoms with Crippen LogP contribution in [0.15, 0.2) is 0 Å². The van der Waals surface area contributed by atoms with Crippen LogP contribution in [0.5, 0.6) is 0 Å². The van der Waals surface area contributed by atoms with Crippen molar-refractivity contribution >= 4 is 93.1 Å². The molecule has 0 aliphatic rings. The highest BCUT2D eigenvalue weighted by Gasteiger charge is 2.30. The quantitative estimate of drug-likeness (QED) is 0.0314. The van der Waals surface area contributed by atoms with Crippen LogP contribution < -0.4 is 21.3 Å². The van der Waals surface area contributed by atoms with Crippen molar-refractivity contribution in [1.82, 2.24) is 21.3 Å². The zero-order valence-electron chi connectivity index (χ0n) is 36.2. The van der Waals surface area contributed by atoms with E-state index in [4.69, 9.17) is 37.4 Å². The number of hydrogen-bond donors (Lipinski definition) is 4. The van der Waals surface area contributed by atoms with Crippen molar-refractivity contribution in [2.24, 2.45) is 23.7 Å². The number of halogens is 3. The highest BCUT2D eigenvalue weighted by Crippen LogP contribution is 2.18. The lowest BCUT2D eigenvalue weighted by Crippen LogP contribution is -2.46. The molecule has 0 radical (unpaired) electrons. The van der Waals surface area contributed by atoms with Gasteiger partial charge in [-0.15, -0.1) is 23.2 Å². The molecule has 18 heteroatoms. The van der Waals surface area contributed by atoms with E-state index >= 15 is 0 Å². The molecule has 0 saturated carbocycles. The van der Waals surface area contributed by atoms with E-state index in [0.29, 0.717) is 42.7 Å². The molecule has 0 aromatic heterocycles. The monoisotopic (exact) mass is 966 g/mol. The number of alkyl halides is 3. The molecule has 0 aliphatic heterocycles. The molecule has 0 spiro atoms. The summed E-state index contributed by atoms with van der Waals surface area (Å²) in [4.78, 5) is 95.0. The second kappa shape index (κ2) is 31.2. The van der Waals surface area contributed by atoms with Gasteiger partial charge in [0.2, 0.25) is 11.8 Å². The molecule has 0 rings (SSSR count). The van der Waals surface area contributed by atoms with Gasteiger partial charge in [0.25, 0.3) is 0 Å². The molecule has 4 N–H and O–H groups in total. The molecule has 0 aliphatic carbocycles. The first-order valence-corrected chi connectivity index (χ1v) is 21.6. The maximum Gasteiger partial charge on any atom is 0.407 e. The van der Waals surface area contributed by atoms with Gasteiger partial charge in [-0.3, -0.25) is 14.4 Å². The Kier molecular flexibility index (Phi) is 32.1. The van der Waals surface area contributed by atoms with Gasteiger partial charge < -0.3 is 45.1 Å². The van der Waals surface area contributed by atoms with Crippen LogP contribution in [0.25, 0.3) is 0 Å². The molecule has 0 aromatic rings. The molecule has 332 valence electrons. The minimum atomic E-state index is -0.837. The van der Waals surface area contributed by atoms with Gasteiger partial charge in [0.1, 0.15) is 28.8 Å². The molecule has 0 unspecified atom stereocenters. The normalized spacial score (nSPS) is 13.2. The fourth-order valence-corrected chi connectivity index (χ4v) is 5.05. The van der Waals surface area contributed by atoms with Gasteiger partial charge in [-0.05, 0) is 92.9 Å². The highest BCUT2D eigenvalue weighted by molar-refractivity contribution is 14.1. The van der Waals surface area contributed by atoms with Crippen molar-refractivity contribution in [2.45, 2.75) is 145 Å². The summed E-state index contributed by atoms with van der Waals surface area (Å²) < 4.78 is 15.7. The van der Waals surface area contributed by atoms with E-state index in [2.05, 4.69) is 43.9 Å². The van der Waals surface area contributed by atoms with E-state index in [9.17, 15) is 38.4 Å². The lowest BCUT2D eigenvalue weighted by molar-refractivity contribution is -0.146. The van der Waals surface area contributed by atoms with Crippen molar-refractivity contribution in [1.29, 1.82) is 0 Å². The van der Waals surface area contributed by atoms with Crippen molar-refractivity contribution in [3.05, 3.63) is 0 Å². The fraction of sp³-hybridized carbons (Fsp3) is 0.795. The Labute approximate surface area is 363 Å². The van der Waals surface area contributed by atoms with Crippen LogP contribution in [0.2, 0.25) is 0 Å². The molecular formula is C39H69Cl2IN4O11. The summed E-state index contributed by atoms with van der Waals surface area (Å²) >= 11 is 12.7. The maximum atomic E-state index is 12.5. The van der Waals surface area contributed by atoms with Gasteiger partial charge >= 0.3 is 18.2 Å². The number of amides is 4. The van der Waals surface area contributed by atoms with Crippen LogP contribution in [0, 0.1) is 23.7 Å². The molecule has 4 amide bonds. The number of carbonyl (C=O) groups excluding carboxylic acids is 8. The van der Waals surface area contributed by atoms with Crippen molar-refractivity contribution < 1.29 is 52.6 Å². The van der Waals surface area contributed by atoms with Gasteiger partial charge in [0.05, 0.1) is 22.9 Å². The average molecular weight is 968 g/mol. The molecule has 15 nitrogen and oxygen atoms in total. The summed E-state index contributed by atoms with van der Waals surface area (Å²) in [6, 6.07) is -1.58. The van der Waals surface area contributed by atoms with E-state index in [1.807, 2.05) is 27.7 Å². The van der Waals surface area contributed by atoms with Crippen LogP contribution in [0.4, 0.5) is 9.59 Å². The molecule has 0 bridgehead atoms. The van der Waals surface area contributed by atoms with E-state index in [1.54, 1.807) is 41.5 Å². The number of ether oxygens (including phenoxy) is 3.